The summed E-state index contributed by atoms with van der Waals surface area (Å²) in [6.07, 6.45) is 0. The molecule has 0 radical (unpaired) electrons. The van der Waals surface area contributed by atoms with E-state index in [9.17, 15) is 0 Å². The third-order valence-corrected chi connectivity index (χ3v) is 13.2. The molecule has 0 aliphatic heterocycles. The van der Waals surface area contributed by atoms with Crippen LogP contribution in [0.25, 0.3) is 137 Å². The highest BCUT2D eigenvalue weighted by Crippen LogP contribution is 2.43. The van der Waals surface area contributed by atoms with Crippen LogP contribution in [0.2, 0.25) is 0 Å². The summed E-state index contributed by atoms with van der Waals surface area (Å²) in [5.41, 5.74) is 7.67. The van der Waals surface area contributed by atoms with E-state index in [2.05, 4.69) is 211 Å². The molecule has 0 N–H and O–H groups in total. The highest BCUT2D eigenvalue weighted by molar-refractivity contribution is 6.24. The minimum Gasteiger partial charge on any atom is -0.455 e. The van der Waals surface area contributed by atoms with Crippen LogP contribution in [0.5, 0.6) is 0 Å². The monoisotopic (exact) mass is 814 g/mol. The number of furan rings is 1. The molecule has 3 heterocycles. The largest absolute Gasteiger partial charge is 0.455 e. The molecular weight excluding hydrogens is 781 g/mol. The summed E-state index contributed by atoms with van der Waals surface area (Å²) < 4.78 is 9.36. The lowest BCUT2D eigenvalue weighted by Crippen LogP contribution is -2.00. The van der Waals surface area contributed by atoms with Crippen molar-refractivity contribution in [2.24, 2.45) is 0 Å². The van der Waals surface area contributed by atoms with Crippen LogP contribution in [0.4, 0.5) is 0 Å². The molecule has 64 heavy (non-hydrogen) atoms. The molecule has 0 bridgehead atoms. The minimum absolute atomic E-state index is 0.556. The van der Waals surface area contributed by atoms with Crippen LogP contribution in [0.1, 0.15) is 0 Å². The van der Waals surface area contributed by atoms with E-state index in [0.29, 0.717) is 17.5 Å². The van der Waals surface area contributed by atoms with Crippen molar-refractivity contribution in [3.63, 3.8) is 0 Å². The van der Waals surface area contributed by atoms with Crippen LogP contribution in [0.15, 0.2) is 211 Å². The maximum atomic E-state index is 6.93. The van der Waals surface area contributed by atoms with Gasteiger partial charge in [-0.3, -0.25) is 0 Å². The van der Waals surface area contributed by atoms with Crippen LogP contribution in [0.3, 0.4) is 0 Å². The smallest absolute Gasteiger partial charge is 0.167 e. The fourth-order valence-corrected chi connectivity index (χ4v) is 10.2. The lowest BCUT2D eigenvalue weighted by molar-refractivity contribution is 0.670. The quantitative estimate of drug-likeness (QED) is 0.178. The Morgan fingerprint density at radius 2 is 0.906 bits per heavy atom. The van der Waals surface area contributed by atoms with Gasteiger partial charge in [-0.25, -0.2) is 15.0 Å². The second-order valence-corrected chi connectivity index (χ2v) is 16.8. The Bertz CT molecular complexity index is 4270. The number of para-hydroxylation sites is 1. The van der Waals surface area contributed by atoms with E-state index in [4.69, 9.17) is 19.4 Å². The zero-order valence-corrected chi connectivity index (χ0v) is 34.3. The standard InChI is InChI=1S/C59H34N4O/c1-2-14-39-31-42(24-23-35(39)11-1)57-60-58(46-20-9-17-36-12-5-7-18-44(36)46)62-59(61-57)48-22-10-21-47-55-49-34-43(28-25-38(49)27-30-53(55)64-56(47)48)63-51-29-26-37-13-6-8-19-45(37)54(51)50-32-40-15-3-4-16-41(40)33-52(50)63/h1-34H. The Morgan fingerprint density at radius 3 is 1.75 bits per heavy atom. The maximum Gasteiger partial charge on any atom is 0.167 e. The van der Waals surface area contributed by atoms with Gasteiger partial charge in [0.2, 0.25) is 0 Å². The van der Waals surface area contributed by atoms with Gasteiger partial charge in [0.05, 0.1) is 16.6 Å². The first-order valence-corrected chi connectivity index (χ1v) is 21.7. The summed E-state index contributed by atoms with van der Waals surface area (Å²) >= 11 is 0. The third-order valence-electron chi connectivity index (χ3n) is 13.2. The van der Waals surface area contributed by atoms with Crippen molar-refractivity contribution in [3.8, 4) is 39.9 Å². The van der Waals surface area contributed by atoms with Gasteiger partial charge in [0, 0.05) is 38.4 Å². The zero-order valence-electron chi connectivity index (χ0n) is 34.3. The molecule has 0 aliphatic rings. The lowest BCUT2D eigenvalue weighted by atomic mass is 10.0. The van der Waals surface area contributed by atoms with Gasteiger partial charge in [-0.1, -0.05) is 158 Å². The molecule has 5 heteroatoms. The van der Waals surface area contributed by atoms with Crippen molar-refractivity contribution in [1.82, 2.24) is 19.5 Å². The van der Waals surface area contributed by atoms with Gasteiger partial charge in [-0.2, -0.15) is 0 Å². The van der Waals surface area contributed by atoms with Crippen molar-refractivity contribution in [3.05, 3.63) is 206 Å². The first-order chi connectivity index (χ1) is 31.7. The molecule has 0 spiro atoms. The van der Waals surface area contributed by atoms with Gasteiger partial charge in [-0.05, 0) is 102 Å². The van der Waals surface area contributed by atoms with Gasteiger partial charge in [0.1, 0.15) is 11.2 Å². The Labute approximate surface area is 366 Å². The lowest BCUT2D eigenvalue weighted by Gasteiger charge is -2.11. The average Bonchev–Trinajstić information content (AvgIpc) is 3.91. The summed E-state index contributed by atoms with van der Waals surface area (Å²) in [7, 11) is 0. The summed E-state index contributed by atoms with van der Waals surface area (Å²) in [4.78, 5) is 15.7. The minimum atomic E-state index is 0.556. The zero-order chi connectivity index (χ0) is 41.9. The van der Waals surface area contributed by atoms with Gasteiger partial charge < -0.3 is 8.98 Å². The highest BCUT2D eigenvalue weighted by atomic mass is 16.3. The molecule has 11 aromatic carbocycles. The summed E-state index contributed by atoms with van der Waals surface area (Å²) in [6.45, 7) is 0. The van der Waals surface area contributed by atoms with Crippen molar-refractivity contribution >= 4 is 97.6 Å². The van der Waals surface area contributed by atoms with Crippen LogP contribution in [-0.2, 0) is 0 Å². The predicted octanol–water partition coefficient (Wildman–Crippen LogP) is 15.6. The second kappa shape index (κ2) is 13.4. The summed E-state index contributed by atoms with van der Waals surface area (Å²) in [6, 6.07) is 73.4. The number of hydrogen-bond acceptors (Lipinski definition) is 4. The van der Waals surface area contributed by atoms with E-state index in [-0.39, 0.29) is 0 Å². The molecule has 296 valence electrons. The maximum absolute atomic E-state index is 6.93. The molecule has 14 aromatic rings. The molecule has 0 saturated heterocycles. The normalized spacial score (nSPS) is 12.1. The van der Waals surface area contributed by atoms with Crippen LogP contribution >= 0.6 is 0 Å². The SMILES string of the molecule is c1ccc2cc(-c3nc(-c4cccc5ccccc45)nc(-c4cccc5c4oc4ccc6ccc(-n7c8cc9ccccc9cc8c8c9ccccc9ccc87)cc6c45)n3)ccc2c1. The van der Waals surface area contributed by atoms with E-state index < -0.39 is 0 Å². The molecule has 3 aromatic heterocycles. The number of aromatic nitrogens is 4. The molecule has 14 rings (SSSR count). The van der Waals surface area contributed by atoms with Gasteiger partial charge in [0.25, 0.3) is 0 Å². The first kappa shape index (κ1) is 35.0. The molecule has 0 atom stereocenters. The van der Waals surface area contributed by atoms with Crippen molar-refractivity contribution in [2.45, 2.75) is 0 Å². The van der Waals surface area contributed by atoms with E-state index in [1.165, 1.54) is 43.4 Å². The Morgan fingerprint density at radius 1 is 0.328 bits per heavy atom. The van der Waals surface area contributed by atoms with Crippen molar-refractivity contribution in [2.75, 3.05) is 0 Å². The Balaban J connectivity index is 1.00. The summed E-state index contributed by atoms with van der Waals surface area (Å²) in [5, 5.41) is 16.3. The molecule has 5 nitrogen and oxygen atoms in total. The van der Waals surface area contributed by atoms with E-state index in [1.54, 1.807) is 0 Å². The first-order valence-electron chi connectivity index (χ1n) is 21.7. The Kier molecular flexibility index (Phi) is 7.33. The number of benzene rings is 11. The molecule has 0 unspecified atom stereocenters. The second-order valence-electron chi connectivity index (χ2n) is 16.8. The molecular formula is C59H34N4O. The fraction of sp³-hybridized carbons (Fsp3) is 0. The topological polar surface area (TPSA) is 56.7 Å². The number of nitrogens with zero attached hydrogens (tertiary/aromatic N) is 4. The molecule has 0 amide bonds. The highest BCUT2D eigenvalue weighted by Gasteiger charge is 2.21. The van der Waals surface area contributed by atoms with Gasteiger partial charge >= 0.3 is 0 Å². The van der Waals surface area contributed by atoms with E-state index in [0.717, 1.165) is 76.6 Å². The van der Waals surface area contributed by atoms with Crippen LogP contribution in [0, 0.1) is 0 Å². The van der Waals surface area contributed by atoms with Crippen LogP contribution < -0.4 is 0 Å². The van der Waals surface area contributed by atoms with Crippen molar-refractivity contribution < 1.29 is 4.42 Å². The fourth-order valence-electron chi connectivity index (χ4n) is 10.2. The van der Waals surface area contributed by atoms with Gasteiger partial charge in [0.15, 0.2) is 17.5 Å². The van der Waals surface area contributed by atoms with Crippen molar-refractivity contribution in [1.29, 1.82) is 0 Å². The predicted molar refractivity (Wildman–Crippen MR) is 265 cm³/mol. The Hall–Kier alpha value is -8.67. The summed E-state index contributed by atoms with van der Waals surface area (Å²) in [5.74, 6) is 1.77. The molecule has 0 aliphatic carbocycles. The number of hydrogen-bond donors (Lipinski definition) is 0. The van der Waals surface area contributed by atoms with E-state index >= 15 is 0 Å². The van der Waals surface area contributed by atoms with Gasteiger partial charge in [-0.15, -0.1) is 0 Å². The average molecular weight is 815 g/mol. The third kappa shape index (κ3) is 5.22. The van der Waals surface area contributed by atoms with E-state index in [1.807, 2.05) is 0 Å². The molecule has 0 fully saturated rings. The number of rotatable bonds is 4. The van der Waals surface area contributed by atoms with Crippen LogP contribution in [-0.4, -0.2) is 19.5 Å². The molecule has 0 saturated carbocycles. The number of fused-ring (bicyclic) bond motifs is 13.